The Morgan fingerprint density at radius 2 is 2.12 bits per heavy atom. The van der Waals surface area contributed by atoms with E-state index in [0.717, 1.165) is 36.0 Å². The molecule has 1 saturated heterocycles. The molecule has 0 unspecified atom stereocenters. The molecule has 1 aliphatic heterocycles. The van der Waals surface area contributed by atoms with E-state index in [1.807, 2.05) is 42.4 Å². The van der Waals surface area contributed by atoms with E-state index in [1.165, 1.54) is 0 Å². The van der Waals surface area contributed by atoms with Gasteiger partial charge in [0.1, 0.15) is 0 Å². The highest BCUT2D eigenvalue weighted by Crippen LogP contribution is 2.26. The van der Waals surface area contributed by atoms with Gasteiger partial charge in [-0.1, -0.05) is 12.1 Å². The van der Waals surface area contributed by atoms with E-state index >= 15 is 0 Å². The van der Waals surface area contributed by atoms with Crippen LogP contribution in [-0.4, -0.2) is 38.4 Å². The number of nitrogens with zero attached hydrogens (tertiary/aromatic N) is 4. The number of aromatic nitrogens is 3. The quantitative estimate of drug-likeness (QED) is 0.728. The molecule has 1 aliphatic rings. The van der Waals surface area contributed by atoms with Gasteiger partial charge in [0.25, 0.3) is 5.91 Å². The van der Waals surface area contributed by atoms with Crippen molar-refractivity contribution >= 4 is 16.9 Å². The molecule has 1 aromatic carbocycles. The summed E-state index contributed by atoms with van der Waals surface area (Å²) in [6.45, 7) is 3.48. The first-order valence-corrected chi connectivity index (χ1v) is 8.35. The normalized spacial score (nSPS) is 18.0. The molecule has 0 aliphatic carbocycles. The molecule has 5 nitrogen and oxygen atoms in total. The van der Waals surface area contributed by atoms with Crippen molar-refractivity contribution in [3.8, 4) is 0 Å². The first-order valence-electron chi connectivity index (χ1n) is 8.35. The third-order valence-electron chi connectivity index (χ3n) is 4.68. The smallest absolute Gasteiger partial charge is 0.255 e. The summed E-state index contributed by atoms with van der Waals surface area (Å²) >= 11 is 0. The number of likely N-dealkylation sites (tertiary alicyclic amines) is 1. The summed E-state index contributed by atoms with van der Waals surface area (Å²) in [5.74, 6) is 0.0697. The van der Waals surface area contributed by atoms with Crippen LogP contribution in [0.3, 0.4) is 0 Å². The van der Waals surface area contributed by atoms with Crippen LogP contribution in [0, 0.1) is 6.92 Å². The van der Waals surface area contributed by atoms with Crippen LogP contribution in [0.4, 0.5) is 0 Å². The molecule has 5 heteroatoms. The molecule has 1 atom stereocenters. The van der Waals surface area contributed by atoms with Crippen LogP contribution in [0.5, 0.6) is 0 Å². The Labute approximate surface area is 140 Å². The van der Waals surface area contributed by atoms with Gasteiger partial charge in [0.15, 0.2) is 0 Å². The molecule has 1 fully saturated rings. The minimum absolute atomic E-state index is 0.0697. The number of para-hydroxylation sites is 2. The summed E-state index contributed by atoms with van der Waals surface area (Å²) < 4.78 is 2.21. The minimum Gasteiger partial charge on any atom is -0.337 e. The van der Waals surface area contributed by atoms with E-state index in [2.05, 4.69) is 20.6 Å². The number of imidazole rings is 1. The van der Waals surface area contributed by atoms with Crippen molar-refractivity contribution in [2.75, 3.05) is 13.1 Å². The van der Waals surface area contributed by atoms with Crippen LogP contribution in [0.2, 0.25) is 0 Å². The van der Waals surface area contributed by atoms with E-state index in [1.54, 1.807) is 12.4 Å². The van der Waals surface area contributed by atoms with Gasteiger partial charge in [-0.15, -0.1) is 0 Å². The predicted molar refractivity (Wildman–Crippen MR) is 92.9 cm³/mol. The van der Waals surface area contributed by atoms with E-state index < -0.39 is 0 Å². The second kappa shape index (κ2) is 6.07. The summed E-state index contributed by atoms with van der Waals surface area (Å²) in [7, 11) is 0. The third-order valence-corrected chi connectivity index (χ3v) is 4.68. The van der Waals surface area contributed by atoms with Gasteiger partial charge >= 0.3 is 0 Å². The summed E-state index contributed by atoms with van der Waals surface area (Å²) in [6.07, 6.45) is 7.40. The maximum atomic E-state index is 12.8. The molecule has 0 bridgehead atoms. The van der Waals surface area contributed by atoms with Gasteiger partial charge in [-0.2, -0.15) is 0 Å². The second-order valence-corrected chi connectivity index (χ2v) is 6.44. The minimum atomic E-state index is 0.0697. The van der Waals surface area contributed by atoms with E-state index in [0.29, 0.717) is 12.1 Å². The van der Waals surface area contributed by atoms with Gasteiger partial charge in [-0.3, -0.25) is 9.78 Å². The molecule has 4 rings (SSSR count). The number of hydrogen-bond acceptors (Lipinski definition) is 3. The Morgan fingerprint density at radius 1 is 1.25 bits per heavy atom. The van der Waals surface area contributed by atoms with Crippen molar-refractivity contribution < 1.29 is 4.79 Å². The van der Waals surface area contributed by atoms with Crippen molar-refractivity contribution in [2.45, 2.75) is 25.8 Å². The molecule has 1 amide bonds. The number of aryl methyl sites for hydroxylation is 1. The Balaban J connectivity index is 1.59. The van der Waals surface area contributed by atoms with E-state index in [4.69, 9.17) is 0 Å². The van der Waals surface area contributed by atoms with Gasteiger partial charge in [-0.25, -0.2) is 4.98 Å². The highest BCUT2D eigenvalue weighted by atomic mass is 16.2. The Bertz CT molecular complexity index is 886. The van der Waals surface area contributed by atoms with Crippen molar-refractivity contribution in [1.82, 2.24) is 19.4 Å². The maximum absolute atomic E-state index is 12.8. The zero-order valence-corrected chi connectivity index (χ0v) is 13.7. The summed E-state index contributed by atoms with van der Waals surface area (Å²) in [4.78, 5) is 23.4. The molecule has 122 valence electrons. The largest absolute Gasteiger partial charge is 0.337 e. The SMILES string of the molecule is Cc1cncc(C(=O)N2CCC[C@H](n3cnc4ccccc43)C2)c1. The maximum Gasteiger partial charge on any atom is 0.255 e. The molecule has 0 spiro atoms. The van der Waals surface area contributed by atoms with Crippen LogP contribution in [0.15, 0.2) is 49.1 Å². The average molecular weight is 320 g/mol. The fraction of sp³-hybridized carbons (Fsp3) is 0.316. The number of hydrogen-bond donors (Lipinski definition) is 0. The first-order chi connectivity index (χ1) is 11.7. The van der Waals surface area contributed by atoms with Crippen molar-refractivity contribution in [3.63, 3.8) is 0 Å². The zero-order valence-electron chi connectivity index (χ0n) is 13.7. The average Bonchev–Trinajstić information content (AvgIpc) is 3.05. The molecule has 24 heavy (non-hydrogen) atoms. The molecule has 0 N–H and O–H groups in total. The topological polar surface area (TPSA) is 51.0 Å². The molecule has 0 saturated carbocycles. The summed E-state index contributed by atoms with van der Waals surface area (Å²) in [6, 6.07) is 10.3. The highest BCUT2D eigenvalue weighted by molar-refractivity contribution is 5.94. The van der Waals surface area contributed by atoms with Crippen LogP contribution >= 0.6 is 0 Å². The van der Waals surface area contributed by atoms with Crippen molar-refractivity contribution in [1.29, 1.82) is 0 Å². The number of rotatable bonds is 2. The van der Waals surface area contributed by atoms with Gasteiger partial charge in [0.05, 0.1) is 29.0 Å². The van der Waals surface area contributed by atoms with Gasteiger partial charge in [0.2, 0.25) is 0 Å². The van der Waals surface area contributed by atoms with Crippen LogP contribution < -0.4 is 0 Å². The van der Waals surface area contributed by atoms with Gasteiger partial charge < -0.3 is 9.47 Å². The first kappa shape index (κ1) is 14.9. The van der Waals surface area contributed by atoms with Crippen molar-refractivity contribution in [2.24, 2.45) is 0 Å². The lowest BCUT2D eigenvalue weighted by Crippen LogP contribution is -2.40. The number of benzene rings is 1. The van der Waals surface area contributed by atoms with Crippen LogP contribution in [-0.2, 0) is 0 Å². The summed E-state index contributed by atoms with van der Waals surface area (Å²) in [5, 5.41) is 0. The fourth-order valence-corrected chi connectivity index (χ4v) is 3.49. The van der Waals surface area contributed by atoms with Crippen LogP contribution in [0.1, 0.15) is 34.8 Å². The number of piperidine rings is 1. The third kappa shape index (κ3) is 2.66. The molecule has 3 heterocycles. The lowest BCUT2D eigenvalue weighted by Gasteiger charge is -2.33. The molecule has 3 aromatic rings. The highest BCUT2D eigenvalue weighted by Gasteiger charge is 2.26. The second-order valence-electron chi connectivity index (χ2n) is 6.44. The standard InChI is InChI=1S/C19H20N4O/c1-14-9-15(11-20-10-14)19(24)22-8-4-5-16(12-22)23-13-21-17-6-2-3-7-18(17)23/h2-3,6-7,9-11,13,16H,4-5,8,12H2,1H3/t16-/m0/s1. The Morgan fingerprint density at radius 3 is 3.00 bits per heavy atom. The number of amides is 1. The van der Waals surface area contributed by atoms with Gasteiger partial charge in [-0.05, 0) is 43.5 Å². The van der Waals surface area contributed by atoms with Gasteiger partial charge in [0, 0.05) is 25.5 Å². The predicted octanol–water partition coefficient (Wildman–Crippen LogP) is 3.22. The molecular weight excluding hydrogens is 300 g/mol. The lowest BCUT2D eigenvalue weighted by molar-refractivity contribution is 0.0681. The number of pyridine rings is 1. The summed E-state index contributed by atoms with van der Waals surface area (Å²) in [5.41, 5.74) is 3.82. The number of carbonyl (C=O) groups excluding carboxylic acids is 1. The molecule has 2 aromatic heterocycles. The Hall–Kier alpha value is -2.69. The Kier molecular flexibility index (Phi) is 3.76. The fourth-order valence-electron chi connectivity index (χ4n) is 3.49. The number of fused-ring (bicyclic) bond motifs is 1. The monoisotopic (exact) mass is 320 g/mol. The van der Waals surface area contributed by atoms with E-state index in [9.17, 15) is 4.79 Å². The van der Waals surface area contributed by atoms with Crippen LogP contribution in [0.25, 0.3) is 11.0 Å². The number of carbonyl (C=O) groups is 1. The zero-order chi connectivity index (χ0) is 16.5. The lowest BCUT2D eigenvalue weighted by atomic mass is 10.0. The van der Waals surface area contributed by atoms with Crippen molar-refractivity contribution in [3.05, 3.63) is 60.2 Å². The van der Waals surface area contributed by atoms with E-state index in [-0.39, 0.29) is 11.9 Å². The molecular formula is C19H20N4O. The molecule has 0 radical (unpaired) electrons.